The number of hydrogen-bond acceptors (Lipinski definition) is 7. The van der Waals surface area contributed by atoms with Crippen LogP contribution in [0, 0.1) is 6.92 Å². The minimum atomic E-state index is -0.0480. The van der Waals surface area contributed by atoms with E-state index >= 15 is 0 Å². The molecule has 7 nitrogen and oxygen atoms in total. The highest BCUT2D eigenvalue weighted by atomic mass is 32.1. The van der Waals surface area contributed by atoms with E-state index in [0.717, 1.165) is 35.7 Å². The van der Waals surface area contributed by atoms with Gasteiger partial charge in [0, 0.05) is 24.0 Å². The van der Waals surface area contributed by atoms with E-state index in [9.17, 15) is 4.79 Å². The molecule has 4 rings (SSSR count). The first kappa shape index (κ1) is 19.6. The van der Waals surface area contributed by atoms with Gasteiger partial charge in [-0.25, -0.2) is 4.98 Å². The first-order chi connectivity index (χ1) is 14.0. The minimum Gasteiger partial charge on any atom is -0.491 e. The van der Waals surface area contributed by atoms with Gasteiger partial charge in [0.15, 0.2) is 5.82 Å². The van der Waals surface area contributed by atoms with Crippen LogP contribution in [0.2, 0.25) is 0 Å². The maximum Gasteiger partial charge on any atom is 0.273 e. The molecule has 1 atom stereocenters. The van der Waals surface area contributed by atoms with Gasteiger partial charge in [0.25, 0.3) is 5.91 Å². The Balaban J connectivity index is 1.45. The normalized spacial score (nSPS) is 17.0. The van der Waals surface area contributed by atoms with Gasteiger partial charge in [0.2, 0.25) is 5.89 Å². The number of rotatable bonds is 5. The predicted molar refractivity (Wildman–Crippen MR) is 110 cm³/mol. The molecular weight excluding hydrogens is 388 g/mol. The van der Waals surface area contributed by atoms with Crippen LogP contribution in [0.25, 0.3) is 10.6 Å². The van der Waals surface area contributed by atoms with Gasteiger partial charge in [-0.3, -0.25) is 4.79 Å². The lowest BCUT2D eigenvalue weighted by atomic mass is 9.98. The summed E-state index contributed by atoms with van der Waals surface area (Å²) in [6.45, 7) is 7.09. The summed E-state index contributed by atoms with van der Waals surface area (Å²) in [7, 11) is 0. The van der Waals surface area contributed by atoms with E-state index in [0.29, 0.717) is 24.0 Å². The number of likely N-dealkylation sites (tertiary alicyclic amines) is 1. The summed E-state index contributed by atoms with van der Waals surface area (Å²) in [5.41, 5.74) is 1.46. The Bertz CT molecular complexity index is 980. The maximum absolute atomic E-state index is 13.0. The second-order valence-corrected chi connectivity index (χ2v) is 8.36. The third kappa shape index (κ3) is 4.48. The van der Waals surface area contributed by atoms with Crippen molar-refractivity contribution in [3.63, 3.8) is 0 Å². The molecule has 1 saturated heterocycles. The molecular formula is C21H24N4O3S. The number of benzene rings is 1. The third-order valence-corrected chi connectivity index (χ3v) is 5.69. The standard InChI is InChI=1S/C21H24N4O3S/c1-13(2)27-17-8-6-15(7-9-17)20-23-18(12-29-20)21(26)25-10-4-5-16(11-25)19-22-14(3)24-28-19/h6-9,12-13,16H,4-5,10-11H2,1-3H3. The van der Waals surface area contributed by atoms with Crippen LogP contribution < -0.4 is 4.74 Å². The smallest absolute Gasteiger partial charge is 0.273 e. The number of ether oxygens (including phenoxy) is 1. The van der Waals surface area contributed by atoms with Gasteiger partial charge in [-0.15, -0.1) is 11.3 Å². The monoisotopic (exact) mass is 412 g/mol. The molecule has 29 heavy (non-hydrogen) atoms. The van der Waals surface area contributed by atoms with Crippen LogP contribution in [0.5, 0.6) is 5.75 Å². The second kappa shape index (κ2) is 8.32. The molecule has 2 aromatic heterocycles. The molecule has 3 heterocycles. The quantitative estimate of drug-likeness (QED) is 0.621. The molecule has 152 valence electrons. The number of piperidine rings is 1. The second-order valence-electron chi connectivity index (χ2n) is 7.50. The van der Waals surface area contributed by atoms with Gasteiger partial charge < -0.3 is 14.2 Å². The first-order valence-corrected chi connectivity index (χ1v) is 10.7. The van der Waals surface area contributed by atoms with Crippen molar-refractivity contribution in [1.29, 1.82) is 0 Å². The average Bonchev–Trinajstić information content (AvgIpc) is 3.37. The Morgan fingerprint density at radius 1 is 1.28 bits per heavy atom. The van der Waals surface area contributed by atoms with Gasteiger partial charge >= 0.3 is 0 Å². The van der Waals surface area contributed by atoms with Crippen LogP contribution >= 0.6 is 11.3 Å². The van der Waals surface area contributed by atoms with Gasteiger partial charge in [-0.1, -0.05) is 5.16 Å². The number of hydrogen-bond donors (Lipinski definition) is 0. The lowest BCUT2D eigenvalue weighted by Crippen LogP contribution is -2.39. The highest BCUT2D eigenvalue weighted by Gasteiger charge is 2.29. The van der Waals surface area contributed by atoms with Crippen LogP contribution in [0.4, 0.5) is 0 Å². The van der Waals surface area contributed by atoms with Crippen molar-refractivity contribution in [2.24, 2.45) is 0 Å². The van der Waals surface area contributed by atoms with Crippen molar-refractivity contribution in [3.8, 4) is 16.3 Å². The number of aryl methyl sites for hydroxylation is 1. The Labute approximate surface area is 173 Å². The van der Waals surface area contributed by atoms with E-state index in [1.165, 1.54) is 11.3 Å². The summed E-state index contributed by atoms with van der Waals surface area (Å²) in [5.74, 6) is 2.10. The molecule has 0 N–H and O–H groups in total. The molecule has 1 aliphatic heterocycles. The van der Waals surface area contributed by atoms with Gasteiger partial charge in [0.1, 0.15) is 16.5 Å². The van der Waals surface area contributed by atoms with Crippen LogP contribution in [-0.2, 0) is 0 Å². The lowest BCUT2D eigenvalue weighted by Gasteiger charge is -2.30. The minimum absolute atomic E-state index is 0.0480. The summed E-state index contributed by atoms with van der Waals surface area (Å²) < 4.78 is 11.0. The number of aromatic nitrogens is 3. The Kier molecular flexibility index (Phi) is 5.62. The topological polar surface area (TPSA) is 81.4 Å². The van der Waals surface area contributed by atoms with Crippen molar-refractivity contribution in [3.05, 3.63) is 47.1 Å². The zero-order valence-electron chi connectivity index (χ0n) is 16.8. The fourth-order valence-electron chi connectivity index (χ4n) is 3.46. The lowest BCUT2D eigenvalue weighted by molar-refractivity contribution is 0.0690. The Hall–Kier alpha value is -2.74. The molecule has 1 unspecified atom stereocenters. The molecule has 0 aliphatic carbocycles. The van der Waals surface area contributed by atoms with Crippen molar-refractivity contribution in [2.75, 3.05) is 13.1 Å². The van der Waals surface area contributed by atoms with E-state index in [1.807, 2.05) is 48.4 Å². The fourth-order valence-corrected chi connectivity index (χ4v) is 4.26. The van der Waals surface area contributed by atoms with Crippen LogP contribution in [0.1, 0.15) is 54.8 Å². The first-order valence-electron chi connectivity index (χ1n) is 9.81. The zero-order chi connectivity index (χ0) is 20.4. The van der Waals surface area contributed by atoms with Crippen molar-refractivity contribution in [1.82, 2.24) is 20.0 Å². The fraction of sp³-hybridized carbons (Fsp3) is 0.429. The molecule has 0 spiro atoms. The molecule has 1 amide bonds. The van der Waals surface area contributed by atoms with Crippen LogP contribution in [0.3, 0.4) is 0 Å². The highest BCUT2D eigenvalue weighted by molar-refractivity contribution is 7.13. The average molecular weight is 413 g/mol. The molecule has 0 saturated carbocycles. The molecule has 8 heteroatoms. The van der Waals surface area contributed by atoms with E-state index in [2.05, 4.69) is 15.1 Å². The van der Waals surface area contributed by atoms with Crippen molar-refractivity contribution >= 4 is 17.2 Å². The summed E-state index contributed by atoms with van der Waals surface area (Å²) in [6.07, 6.45) is 1.99. The summed E-state index contributed by atoms with van der Waals surface area (Å²) in [6, 6.07) is 7.80. The molecule has 0 bridgehead atoms. The van der Waals surface area contributed by atoms with Crippen molar-refractivity contribution in [2.45, 2.75) is 45.6 Å². The summed E-state index contributed by atoms with van der Waals surface area (Å²) in [5, 5.41) is 6.52. The number of nitrogens with zero attached hydrogens (tertiary/aromatic N) is 4. The van der Waals surface area contributed by atoms with Crippen LogP contribution in [0.15, 0.2) is 34.2 Å². The Morgan fingerprint density at radius 3 is 2.76 bits per heavy atom. The molecule has 1 aliphatic rings. The molecule has 1 aromatic carbocycles. The van der Waals surface area contributed by atoms with E-state index in [4.69, 9.17) is 9.26 Å². The summed E-state index contributed by atoms with van der Waals surface area (Å²) in [4.78, 5) is 23.7. The van der Waals surface area contributed by atoms with Gasteiger partial charge in [0.05, 0.1) is 12.0 Å². The molecule has 3 aromatic rings. The van der Waals surface area contributed by atoms with Gasteiger partial charge in [-0.05, 0) is 57.9 Å². The zero-order valence-corrected chi connectivity index (χ0v) is 17.6. The SMILES string of the molecule is Cc1noc(C2CCCN(C(=O)c3csc(-c4ccc(OC(C)C)cc4)n3)C2)n1. The van der Waals surface area contributed by atoms with E-state index in [1.54, 1.807) is 6.92 Å². The molecule has 0 radical (unpaired) electrons. The number of carbonyl (C=O) groups is 1. The van der Waals surface area contributed by atoms with E-state index < -0.39 is 0 Å². The van der Waals surface area contributed by atoms with E-state index in [-0.39, 0.29) is 17.9 Å². The summed E-state index contributed by atoms with van der Waals surface area (Å²) >= 11 is 1.47. The number of carbonyl (C=O) groups excluding carboxylic acids is 1. The van der Waals surface area contributed by atoms with Crippen molar-refractivity contribution < 1.29 is 14.1 Å². The Morgan fingerprint density at radius 2 is 2.07 bits per heavy atom. The largest absolute Gasteiger partial charge is 0.491 e. The molecule has 1 fully saturated rings. The van der Waals surface area contributed by atoms with Crippen LogP contribution in [-0.4, -0.2) is 45.1 Å². The van der Waals surface area contributed by atoms with Gasteiger partial charge in [-0.2, -0.15) is 4.98 Å². The third-order valence-electron chi connectivity index (χ3n) is 4.80. The predicted octanol–water partition coefficient (Wildman–Crippen LogP) is 4.31. The highest BCUT2D eigenvalue weighted by Crippen LogP contribution is 2.29. The number of thiazole rings is 1. The maximum atomic E-state index is 13.0. The number of amides is 1.